The third-order valence-corrected chi connectivity index (χ3v) is 3.04. The van der Waals surface area contributed by atoms with Crippen molar-refractivity contribution in [1.82, 2.24) is 0 Å². The molecular weight excluding hydrogens is 310 g/mol. The molecule has 1 aliphatic rings. The lowest BCUT2D eigenvalue weighted by molar-refractivity contribution is 0.174. The minimum absolute atomic E-state index is 0.230. The Morgan fingerprint density at radius 2 is 1.89 bits per heavy atom. The number of nitrogens with zero attached hydrogens (tertiary/aromatic N) is 1. The molecule has 0 aromatic heterocycles. The fraction of sp³-hybridized carbons (Fsp3) is 0.0714. The molecule has 3 rings (SSSR count). The van der Waals surface area contributed by atoms with Crippen LogP contribution < -0.4 is 14.2 Å². The van der Waals surface area contributed by atoms with Gasteiger partial charge in [0.2, 0.25) is 6.79 Å². The standard InChI is InChI=1S/C14H8BrNO3/c15-10-3-9(7-16)4-12(5-10)19-11-1-2-13-14(6-11)18-8-17-13/h1-6H,8H2. The van der Waals surface area contributed by atoms with Gasteiger partial charge in [0.15, 0.2) is 11.5 Å². The molecule has 0 unspecified atom stereocenters. The topological polar surface area (TPSA) is 51.5 Å². The van der Waals surface area contributed by atoms with E-state index < -0.39 is 0 Å². The minimum atomic E-state index is 0.230. The number of hydrogen-bond acceptors (Lipinski definition) is 4. The SMILES string of the molecule is N#Cc1cc(Br)cc(Oc2ccc3c(c2)OCO3)c1. The Morgan fingerprint density at radius 3 is 2.74 bits per heavy atom. The van der Waals surface area contributed by atoms with Gasteiger partial charge in [-0.05, 0) is 30.3 Å². The van der Waals surface area contributed by atoms with E-state index in [0.29, 0.717) is 28.6 Å². The molecule has 0 aliphatic carbocycles. The fourth-order valence-electron chi connectivity index (χ4n) is 1.76. The second kappa shape index (κ2) is 4.82. The highest BCUT2D eigenvalue weighted by molar-refractivity contribution is 9.10. The minimum Gasteiger partial charge on any atom is -0.457 e. The van der Waals surface area contributed by atoms with Gasteiger partial charge in [-0.2, -0.15) is 5.26 Å². The summed E-state index contributed by atoms with van der Waals surface area (Å²) in [6.45, 7) is 0.230. The van der Waals surface area contributed by atoms with Gasteiger partial charge in [0.05, 0.1) is 11.6 Å². The highest BCUT2D eigenvalue weighted by Gasteiger charge is 2.14. The van der Waals surface area contributed by atoms with Crippen LogP contribution in [0.15, 0.2) is 40.9 Å². The summed E-state index contributed by atoms with van der Waals surface area (Å²) in [6.07, 6.45) is 0. The van der Waals surface area contributed by atoms with E-state index in [4.69, 9.17) is 19.5 Å². The number of benzene rings is 2. The lowest BCUT2D eigenvalue weighted by Crippen LogP contribution is -1.92. The van der Waals surface area contributed by atoms with E-state index in [2.05, 4.69) is 22.0 Å². The molecule has 5 heteroatoms. The summed E-state index contributed by atoms with van der Waals surface area (Å²) in [5.74, 6) is 2.59. The smallest absolute Gasteiger partial charge is 0.231 e. The van der Waals surface area contributed by atoms with E-state index in [1.165, 1.54) is 0 Å². The molecule has 2 aromatic carbocycles. The van der Waals surface area contributed by atoms with Gasteiger partial charge in [0.25, 0.3) is 0 Å². The van der Waals surface area contributed by atoms with Crippen LogP contribution in [0.1, 0.15) is 5.56 Å². The maximum Gasteiger partial charge on any atom is 0.231 e. The van der Waals surface area contributed by atoms with Crippen LogP contribution >= 0.6 is 15.9 Å². The maximum absolute atomic E-state index is 8.92. The summed E-state index contributed by atoms with van der Waals surface area (Å²) >= 11 is 3.34. The van der Waals surface area contributed by atoms with Crippen molar-refractivity contribution < 1.29 is 14.2 Å². The van der Waals surface area contributed by atoms with E-state index in [1.54, 1.807) is 36.4 Å². The van der Waals surface area contributed by atoms with E-state index >= 15 is 0 Å². The summed E-state index contributed by atoms with van der Waals surface area (Å²) in [5, 5.41) is 8.92. The van der Waals surface area contributed by atoms with E-state index in [-0.39, 0.29) is 6.79 Å². The third kappa shape index (κ3) is 2.49. The average Bonchev–Trinajstić information content (AvgIpc) is 2.85. The Morgan fingerprint density at radius 1 is 1.05 bits per heavy atom. The molecule has 94 valence electrons. The zero-order chi connectivity index (χ0) is 13.2. The maximum atomic E-state index is 8.92. The van der Waals surface area contributed by atoms with Crippen molar-refractivity contribution in [2.75, 3.05) is 6.79 Å². The summed E-state index contributed by atoms with van der Waals surface area (Å²) in [5.41, 5.74) is 0.533. The molecular formula is C14H8BrNO3. The molecule has 0 saturated heterocycles. The first-order valence-electron chi connectivity index (χ1n) is 5.53. The predicted molar refractivity (Wildman–Crippen MR) is 71.5 cm³/mol. The first-order valence-corrected chi connectivity index (χ1v) is 6.32. The van der Waals surface area contributed by atoms with Gasteiger partial charge >= 0.3 is 0 Å². The van der Waals surface area contributed by atoms with E-state index in [9.17, 15) is 0 Å². The summed E-state index contributed by atoms with van der Waals surface area (Å²) in [7, 11) is 0. The van der Waals surface area contributed by atoms with Crippen molar-refractivity contribution in [2.24, 2.45) is 0 Å². The predicted octanol–water partition coefficient (Wildman–Crippen LogP) is 3.84. The summed E-state index contributed by atoms with van der Waals surface area (Å²) in [6, 6.07) is 12.6. The molecule has 4 nitrogen and oxygen atoms in total. The van der Waals surface area contributed by atoms with Crippen LogP contribution in [0.4, 0.5) is 0 Å². The summed E-state index contributed by atoms with van der Waals surface area (Å²) in [4.78, 5) is 0. The van der Waals surface area contributed by atoms with Crippen LogP contribution in [0, 0.1) is 11.3 Å². The highest BCUT2D eigenvalue weighted by atomic mass is 79.9. The van der Waals surface area contributed by atoms with Crippen LogP contribution in [0.3, 0.4) is 0 Å². The summed E-state index contributed by atoms with van der Waals surface area (Å²) < 4.78 is 17.0. The van der Waals surface area contributed by atoms with Gasteiger partial charge in [-0.1, -0.05) is 15.9 Å². The first-order chi connectivity index (χ1) is 9.24. The normalized spacial score (nSPS) is 12.0. The van der Waals surface area contributed by atoms with Gasteiger partial charge in [0.1, 0.15) is 11.5 Å². The lowest BCUT2D eigenvalue weighted by Gasteiger charge is -2.07. The molecule has 1 aliphatic heterocycles. The zero-order valence-electron chi connectivity index (χ0n) is 9.72. The number of fused-ring (bicyclic) bond motifs is 1. The lowest BCUT2D eigenvalue weighted by atomic mass is 10.2. The first kappa shape index (κ1) is 11.9. The quantitative estimate of drug-likeness (QED) is 0.844. The highest BCUT2D eigenvalue weighted by Crippen LogP contribution is 2.37. The zero-order valence-corrected chi connectivity index (χ0v) is 11.3. The largest absolute Gasteiger partial charge is 0.457 e. The van der Waals surface area contributed by atoms with Crippen molar-refractivity contribution in [1.29, 1.82) is 5.26 Å². The third-order valence-electron chi connectivity index (χ3n) is 2.58. The molecule has 0 saturated carbocycles. The number of rotatable bonds is 2. The molecule has 1 heterocycles. The fourth-order valence-corrected chi connectivity index (χ4v) is 2.23. The van der Waals surface area contributed by atoms with Gasteiger partial charge in [-0.15, -0.1) is 0 Å². The second-order valence-electron chi connectivity index (χ2n) is 3.90. The number of ether oxygens (including phenoxy) is 3. The van der Waals surface area contributed by atoms with Crippen molar-refractivity contribution in [3.8, 4) is 29.1 Å². The average molecular weight is 318 g/mol. The van der Waals surface area contributed by atoms with Crippen LogP contribution in [-0.4, -0.2) is 6.79 Å². The van der Waals surface area contributed by atoms with Gasteiger partial charge in [-0.3, -0.25) is 0 Å². The number of hydrogen-bond donors (Lipinski definition) is 0. The molecule has 0 N–H and O–H groups in total. The second-order valence-corrected chi connectivity index (χ2v) is 4.82. The van der Waals surface area contributed by atoms with Crippen LogP contribution in [0.2, 0.25) is 0 Å². The molecule has 0 atom stereocenters. The Balaban J connectivity index is 1.89. The van der Waals surface area contributed by atoms with Gasteiger partial charge in [-0.25, -0.2) is 0 Å². The van der Waals surface area contributed by atoms with E-state index in [1.807, 2.05) is 0 Å². The van der Waals surface area contributed by atoms with Crippen LogP contribution in [-0.2, 0) is 0 Å². The molecule has 2 aromatic rings. The van der Waals surface area contributed by atoms with Crippen LogP contribution in [0.25, 0.3) is 0 Å². The Labute approximate surface area is 118 Å². The molecule has 0 fully saturated rings. The monoisotopic (exact) mass is 317 g/mol. The molecule has 19 heavy (non-hydrogen) atoms. The van der Waals surface area contributed by atoms with Gasteiger partial charge in [0, 0.05) is 10.5 Å². The molecule has 0 bridgehead atoms. The van der Waals surface area contributed by atoms with Crippen molar-refractivity contribution in [3.05, 3.63) is 46.4 Å². The molecule has 0 radical (unpaired) electrons. The number of halogens is 1. The Kier molecular flexibility index (Phi) is 3.02. The van der Waals surface area contributed by atoms with Crippen LogP contribution in [0.5, 0.6) is 23.0 Å². The van der Waals surface area contributed by atoms with Crippen molar-refractivity contribution >= 4 is 15.9 Å². The Hall–Kier alpha value is -2.19. The van der Waals surface area contributed by atoms with Gasteiger partial charge < -0.3 is 14.2 Å². The van der Waals surface area contributed by atoms with Crippen molar-refractivity contribution in [2.45, 2.75) is 0 Å². The molecule has 0 spiro atoms. The number of nitriles is 1. The van der Waals surface area contributed by atoms with E-state index in [0.717, 1.165) is 4.47 Å². The molecule has 0 amide bonds. The van der Waals surface area contributed by atoms with Crippen molar-refractivity contribution in [3.63, 3.8) is 0 Å². The Bertz CT molecular complexity index is 679.